The van der Waals surface area contributed by atoms with E-state index in [1.165, 1.54) is 11.3 Å². The van der Waals surface area contributed by atoms with Gasteiger partial charge in [-0.25, -0.2) is 9.78 Å². The fourth-order valence-corrected chi connectivity index (χ4v) is 3.10. The number of ether oxygens (including phenoxy) is 1. The molecule has 0 saturated carbocycles. The lowest BCUT2D eigenvalue weighted by molar-refractivity contribution is 0.0696. The van der Waals surface area contributed by atoms with Crippen LogP contribution in [0.15, 0.2) is 18.2 Å². The number of aromatic carboxylic acids is 1. The molecule has 1 amide bonds. The molecule has 0 atom stereocenters. The van der Waals surface area contributed by atoms with Crippen LogP contribution in [0.2, 0.25) is 0 Å². The second-order valence-electron chi connectivity index (χ2n) is 4.48. The lowest BCUT2D eigenvalue weighted by atomic mass is 10.1. The minimum Gasteiger partial charge on any atom is -0.492 e. The quantitative estimate of drug-likeness (QED) is 0.883. The van der Waals surface area contributed by atoms with Crippen LogP contribution in [0.3, 0.4) is 0 Å². The van der Waals surface area contributed by atoms with Crippen molar-refractivity contribution in [2.75, 3.05) is 13.7 Å². The maximum Gasteiger partial charge on any atom is 0.365 e. The predicted molar refractivity (Wildman–Crippen MR) is 77.1 cm³/mol. The van der Waals surface area contributed by atoms with Crippen molar-refractivity contribution in [2.45, 2.75) is 6.42 Å². The zero-order valence-electron chi connectivity index (χ0n) is 11.2. The highest BCUT2D eigenvalue weighted by atomic mass is 32.1. The lowest BCUT2D eigenvalue weighted by Gasteiger charge is -2.08. The summed E-state index contributed by atoms with van der Waals surface area (Å²) < 4.78 is 5.66. The first-order chi connectivity index (χ1) is 10.1. The first kappa shape index (κ1) is 13.6. The zero-order valence-corrected chi connectivity index (χ0v) is 12.0. The highest BCUT2D eigenvalue weighted by Crippen LogP contribution is 2.38. The molecule has 2 aromatic rings. The van der Waals surface area contributed by atoms with E-state index in [4.69, 9.17) is 9.84 Å². The summed E-state index contributed by atoms with van der Waals surface area (Å²) in [6.45, 7) is 0.429. The number of thiazole rings is 1. The van der Waals surface area contributed by atoms with Crippen LogP contribution in [0.25, 0.3) is 11.3 Å². The molecular formula is C14H12N2O4S. The first-order valence-electron chi connectivity index (χ1n) is 6.32. The molecule has 21 heavy (non-hydrogen) atoms. The molecule has 0 bridgehead atoms. The summed E-state index contributed by atoms with van der Waals surface area (Å²) >= 11 is 1.17. The Morgan fingerprint density at radius 2 is 2.24 bits per heavy atom. The van der Waals surface area contributed by atoms with Gasteiger partial charge < -0.3 is 15.2 Å². The van der Waals surface area contributed by atoms with Gasteiger partial charge in [-0.3, -0.25) is 4.79 Å². The first-order valence-corrected chi connectivity index (χ1v) is 7.14. The minimum absolute atomic E-state index is 0.0724. The highest BCUT2D eigenvalue weighted by molar-refractivity contribution is 7.14. The fraction of sp³-hybridized carbons (Fsp3) is 0.214. The fourth-order valence-electron chi connectivity index (χ4n) is 2.20. The van der Waals surface area contributed by atoms with E-state index >= 15 is 0 Å². The van der Waals surface area contributed by atoms with E-state index in [0.717, 1.165) is 10.4 Å². The molecule has 1 aromatic carbocycles. The van der Waals surface area contributed by atoms with Crippen LogP contribution in [0, 0.1) is 0 Å². The standard InChI is InChI=1S/C14H12N2O4S/c1-15-12(17)7-2-3-8-9(6-7)20-5-4-10-11(8)16-13(21-10)14(18)19/h2-3,6H,4-5H2,1H3,(H,15,17)(H,18,19). The van der Waals surface area contributed by atoms with Crippen molar-refractivity contribution in [2.24, 2.45) is 0 Å². The number of rotatable bonds is 2. The molecule has 0 spiro atoms. The van der Waals surface area contributed by atoms with Gasteiger partial charge in [0, 0.05) is 29.5 Å². The maximum absolute atomic E-state index is 11.7. The molecular weight excluding hydrogens is 292 g/mol. The summed E-state index contributed by atoms with van der Waals surface area (Å²) in [6, 6.07) is 5.08. The van der Waals surface area contributed by atoms with E-state index in [0.29, 0.717) is 30.0 Å². The number of carboxylic acids is 1. The zero-order chi connectivity index (χ0) is 15.0. The number of nitrogens with zero attached hydrogens (tertiary/aromatic N) is 1. The van der Waals surface area contributed by atoms with Crippen molar-refractivity contribution >= 4 is 23.2 Å². The van der Waals surface area contributed by atoms with Crippen molar-refractivity contribution in [1.82, 2.24) is 10.3 Å². The molecule has 6 nitrogen and oxygen atoms in total. The Morgan fingerprint density at radius 1 is 1.43 bits per heavy atom. The van der Waals surface area contributed by atoms with Crippen LogP contribution in [0.4, 0.5) is 0 Å². The van der Waals surface area contributed by atoms with E-state index in [1.54, 1.807) is 25.2 Å². The summed E-state index contributed by atoms with van der Waals surface area (Å²) in [7, 11) is 1.56. The molecule has 108 valence electrons. The largest absolute Gasteiger partial charge is 0.492 e. The van der Waals surface area contributed by atoms with Gasteiger partial charge in [0.05, 0.1) is 12.3 Å². The van der Waals surface area contributed by atoms with Crippen LogP contribution in [-0.4, -0.2) is 35.6 Å². The number of fused-ring (bicyclic) bond motifs is 3. The van der Waals surface area contributed by atoms with Gasteiger partial charge >= 0.3 is 5.97 Å². The monoisotopic (exact) mass is 304 g/mol. The van der Waals surface area contributed by atoms with Crippen molar-refractivity contribution in [3.05, 3.63) is 33.6 Å². The summed E-state index contributed by atoms with van der Waals surface area (Å²) in [6.07, 6.45) is 0.601. The van der Waals surface area contributed by atoms with Crippen LogP contribution in [0.1, 0.15) is 25.0 Å². The molecule has 0 saturated heterocycles. The molecule has 2 heterocycles. The van der Waals surface area contributed by atoms with E-state index in [-0.39, 0.29) is 10.9 Å². The van der Waals surface area contributed by atoms with Crippen molar-refractivity contribution in [1.29, 1.82) is 0 Å². The molecule has 1 aromatic heterocycles. The van der Waals surface area contributed by atoms with Crippen molar-refractivity contribution in [3.63, 3.8) is 0 Å². The Kier molecular flexibility index (Phi) is 3.34. The van der Waals surface area contributed by atoms with Crippen LogP contribution < -0.4 is 10.1 Å². The Morgan fingerprint density at radius 3 is 2.95 bits per heavy atom. The third-order valence-corrected chi connectivity index (χ3v) is 4.30. The Labute approximate surface area is 124 Å². The Hall–Kier alpha value is -2.41. The second kappa shape index (κ2) is 5.17. The normalized spacial score (nSPS) is 12.6. The number of benzene rings is 1. The molecule has 0 fully saturated rings. The number of amides is 1. The molecule has 1 aliphatic heterocycles. The van der Waals surface area contributed by atoms with Gasteiger partial charge in [-0.1, -0.05) is 0 Å². The number of carboxylic acid groups (broad SMARTS) is 1. The third kappa shape index (κ3) is 2.36. The van der Waals surface area contributed by atoms with Crippen LogP contribution in [-0.2, 0) is 6.42 Å². The Bertz CT molecular complexity index is 739. The molecule has 0 aliphatic carbocycles. The summed E-state index contributed by atoms with van der Waals surface area (Å²) in [5.74, 6) is -0.676. The third-order valence-electron chi connectivity index (χ3n) is 3.19. The van der Waals surface area contributed by atoms with E-state index in [2.05, 4.69) is 10.3 Å². The molecule has 1 aliphatic rings. The van der Waals surface area contributed by atoms with Gasteiger partial charge in [-0.2, -0.15) is 0 Å². The number of nitrogens with one attached hydrogen (secondary N) is 1. The number of hydrogen-bond acceptors (Lipinski definition) is 5. The highest BCUT2D eigenvalue weighted by Gasteiger charge is 2.23. The van der Waals surface area contributed by atoms with Gasteiger partial charge in [0.1, 0.15) is 5.75 Å². The van der Waals surface area contributed by atoms with Crippen molar-refractivity contribution in [3.8, 4) is 17.0 Å². The second-order valence-corrected chi connectivity index (χ2v) is 5.57. The summed E-state index contributed by atoms with van der Waals surface area (Å²) in [5, 5.41) is 11.7. The minimum atomic E-state index is -1.03. The number of hydrogen-bond donors (Lipinski definition) is 2. The smallest absolute Gasteiger partial charge is 0.365 e. The molecule has 3 rings (SSSR count). The van der Waals surface area contributed by atoms with Gasteiger partial charge in [-0.15, -0.1) is 11.3 Å². The predicted octanol–water partition coefficient (Wildman–Crippen LogP) is 1.80. The van der Waals surface area contributed by atoms with Gasteiger partial charge in [0.25, 0.3) is 5.91 Å². The Balaban J connectivity index is 2.11. The van der Waals surface area contributed by atoms with Crippen LogP contribution >= 0.6 is 11.3 Å². The average molecular weight is 304 g/mol. The summed E-state index contributed by atoms with van der Waals surface area (Å²) in [4.78, 5) is 27.8. The van der Waals surface area contributed by atoms with E-state index in [9.17, 15) is 9.59 Å². The average Bonchev–Trinajstić information content (AvgIpc) is 2.83. The van der Waals surface area contributed by atoms with Crippen molar-refractivity contribution < 1.29 is 19.4 Å². The van der Waals surface area contributed by atoms with Gasteiger partial charge in [-0.05, 0) is 18.2 Å². The SMILES string of the molecule is CNC(=O)c1ccc2c(c1)OCCc1sc(C(=O)O)nc1-2. The van der Waals surface area contributed by atoms with E-state index in [1.807, 2.05) is 0 Å². The maximum atomic E-state index is 11.7. The molecule has 7 heteroatoms. The molecule has 2 N–H and O–H groups in total. The van der Waals surface area contributed by atoms with Gasteiger partial charge in [0.2, 0.25) is 5.01 Å². The number of aromatic nitrogens is 1. The van der Waals surface area contributed by atoms with Crippen LogP contribution in [0.5, 0.6) is 5.75 Å². The van der Waals surface area contributed by atoms with E-state index < -0.39 is 5.97 Å². The molecule has 0 unspecified atom stereocenters. The molecule has 0 radical (unpaired) electrons. The number of carbonyl (C=O) groups excluding carboxylic acids is 1. The topological polar surface area (TPSA) is 88.5 Å². The number of carbonyl (C=O) groups is 2. The van der Waals surface area contributed by atoms with Gasteiger partial charge in [0.15, 0.2) is 0 Å². The lowest BCUT2D eigenvalue weighted by Crippen LogP contribution is -2.17. The summed E-state index contributed by atoms with van der Waals surface area (Å²) in [5.41, 5.74) is 1.85.